The Labute approximate surface area is 117 Å². The molecule has 2 atom stereocenters. The van der Waals surface area contributed by atoms with E-state index in [0.29, 0.717) is 23.7 Å². The fraction of sp³-hybridized carbons (Fsp3) is 0.938. The van der Waals surface area contributed by atoms with Gasteiger partial charge in [-0.15, -0.1) is 0 Å². The minimum absolute atomic E-state index is 0.196. The van der Waals surface area contributed by atoms with Crippen molar-refractivity contribution in [2.24, 2.45) is 23.5 Å². The van der Waals surface area contributed by atoms with Gasteiger partial charge in [0.25, 0.3) is 0 Å². The monoisotopic (exact) mass is 266 g/mol. The standard InChI is InChI=1S/C16H30N2O/c1-12(2)13-7-8-16(19)18(10-9-13)11-15(17)14-5-3-4-6-14/h12-15H,3-11,17H2,1-2H3. The Balaban J connectivity index is 1.86. The quantitative estimate of drug-likeness (QED) is 0.850. The molecule has 2 unspecified atom stereocenters. The molecule has 1 heterocycles. The van der Waals surface area contributed by atoms with Gasteiger partial charge in [-0.3, -0.25) is 4.79 Å². The maximum Gasteiger partial charge on any atom is 0.222 e. The fourth-order valence-electron chi connectivity index (χ4n) is 3.71. The van der Waals surface area contributed by atoms with Crippen molar-refractivity contribution in [1.82, 2.24) is 4.90 Å². The molecule has 110 valence electrons. The van der Waals surface area contributed by atoms with Crippen LogP contribution in [-0.4, -0.2) is 29.9 Å². The molecule has 3 nitrogen and oxygen atoms in total. The first kappa shape index (κ1) is 14.8. The van der Waals surface area contributed by atoms with Gasteiger partial charge in [-0.2, -0.15) is 0 Å². The molecule has 1 saturated carbocycles. The molecular weight excluding hydrogens is 236 g/mol. The summed E-state index contributed by atoms with van der Waals surface area (Å²) in [6.07, 6.45) is 8.10. The van der Waals surface area contributed by atoms with Gasteiger partial charge in [0, 0.05) is 25.6 Å². The Morgan fingerprint density at radius 2 is 1.84 bits per heavy atom. The molecule has 1 saturated heterocycles. The Morgan fingerprint density at radius 3 is 2.47 bits per heavy atom. The van der Waals surface area contributed by atoms with Crippen LogP contribution in [0.15, 0.2) is 0 Å². The van der Waals surface area contributed by atoms with Crippen LogP contribution in [0.2, 0.25) is 0 Å². The third-order valence-electron chi connectivity index (χ3n) is 5.23. The number of hydrogen-bond acceptors (Lipinski definition) is 2. The molecule has 19 heavy (non-hydrogen) atoms. The van der Waals surface area contributed by atoms with Crippen molar-refractivity contribution in [2.45, 2.75) is 64.8 Å². The Kier molecular flexibility index (Phi) is 5.26. The molecule has 1 aliphatic heterocycles. The van der Waals surface area contributed by atoms with Crippen LogP contribution in [0.1, 0.15) is 58.8 Å². The second-order valence-corrected chi connectivity index (χ2v) is 6.88. The van der Waals surface area contributed by atoms with Gasteiger partial charge in [-0.25, -0.2) is 0 Å². The van der Waals surface area contributed by atoms with E-state index in [1.807, 2.05) is 4.90 Å². The van der Waals surface area contributed by atoms with E-state index in [4.69, 9.17) is 5.73 Å². The summed E-state index contributed by atoms with van der Waals surface area (Å²) in [6.45, 7) is 6.25. The van der Waals surface area contributed by atoms with Gasteiger partial charge in [-0.05, 0) is 43.4 Å². The smallest absolute Gasteiger partial charge is 0.222 e. The van der Waals surface area contributed by atoms with Crippen LogP contribution in [0.25, 0.3) is 0 Å². The lowest BCUT2D eigenvalue weighted by molar-refractivity contribution is -0.131. The molecule has 2 rings (SSSR count). The first-order valence-corrected chi connectivity index (χ1v) is 8.11. The molecular formula is C16H30N2O. The van der Waals surface area contributed by atoms with Crippen molar-refractivity contribution >= 4 is 5.91 Å². The lowest BCUT2D eigenvalue weighted by atomic mass is 9.89. The maximum atomic E-state index is 12.2. The van der Waals surface area contributed by atoms with Crippen LogP contribution in [0.4, 0.5) is 0 Å². The molecule has 2 fully saturated rings. The second kappa shape index (κ2) is 6.74. The van der Waals surface area contributed by atoms with E-state index in [0.717, 1.165) is 32.4 Å². The van der Waals surface area contributed by atoms with E-state index < -0.39 is 0 Å². The summed E-state index contributed by atoms with van der Waals surface area (Å²) < 4.78 is 0. The molecule has 0 radical (unpaired) electrons. The zero-order valence-electron chi connectivity index (χ0n) is 12.6. The number of hydrogen-bond donors (Lipinski definition) is 1. The highest BCUT2D eigenvalue weighted by Gasteiger charge is 2.28. The zero-order chi connectivity index (χ0) is 13.8. The van der Waals surface area contributed by atoms with Gasteiger partial charge >= 0.3 is 0 Å². The average Bonchev–Trinajstić information content (AvgIpc) is 2.84. The summed E-state index contributed by atoms with van der Waals surface area (Å²) >= 11 is 0. The summed E-state index contributed by atoms with van der Waals surface area (Å²) in [5, 5.41) is 0. The number of rotatable bonds is 4. The van der Waals surface area contributed by atoms with Gasteiger partial charge in [0.15, 0.2) is 0 Å². The van der Waals surface area contributed by atoms with Gasteiger partial charge in [-0.1, -0.05) is 26.7 Å². The number of nitrogens with zero attached hydrogens (tertiary/aromatic N) is 1. The van der Waals surface area contributed by atoms with Gasteiger partial charge in [0.05, 0.1) is 0 Å². The van der Waals surface area contributed by atoms with Crippen LogP contribution in [0, 0.1) is 17.8 Å². The Hall–Kier alpha value is -0.570. The summed E-state index contributed by atoms with van der Waals surface area (Å²) in [7, 11) is 0. The molecule has 0 aromatic heterocycles. The highest BCUT2D eigenvalue weighted by molar-refractivity contribution is 5.76. The zero-order valence-corrected chi connectivity index (χ0v) is 12.6. The lowest BCUT2D eigenvalue weighted by Crippen LogP contribution is -2.44. The Morgan fingerprint density at radius 1 is 1.16 bits per heavy atom. The molecule has 2 aliphatic rings. The number of carbonyl (C=O) groups is 1. The SMILES string of the molecule is CC(C)C1CCC(=O)N(CC(N)C2CCCC2)CC1. The molecule has 1 amide bonds. The number of amides is 1. The minimum Gasteiger partial charge on any atom is -0.341 e. The maximum absolute atomic E-state index is 12.2. The first-order valence-electron chi connectivity index (χ1n) is 8.11. The van der Waals surface area contributed by atoms with Crippen molar-refractivity contribution in [3.05, 3.63) is 0 Å². The van der Waals surface area contributed by atoms with Crippen LogP contribution in [0.3, 0.4) is 0 Å². The average molecular weight is 266 g/mol. The molecule has 0 aromatic carbocycles. The highest BCUT2D eigenvalue weighted by Crippen LogP contribution is 2.29. The van der Waals surface area contributed by atoms with Crippen LogP contribution < -0.4 is 5.73 Å². The van der Waals surface area contributed by atoms with E-state index in [-0.39, 0.29) is 6.04 Å². The molecule has 0 aromatic rings. The summed E-state index contributed by atoms with van der Waals surface area (Å²) in [6, 6.07) is 0.196. The van der Waals surface area contributed by atoms with Crippen molar-refractivity contribution in [1.29, 1.82) is 0 Å². The van der Waals surface area contributed by atoms with Gasteiger partial charge in [0.1, 0.15) is 0 Å². The highest BCUT2D eigenvalue weighted by atomic mass is 16.2. The van der Waals surface area contributed by atoms with Gasteiger partial charge in [0.2, 0.25) is 5.91 Å². The number of carbonyl (C=O) groups excluding carboxylic acids is 1. The summed E-state index contributed by atoms with van der Waals surface area (Å²) in [5.74, 6) is 2.38. The van der Waals surface area contributed by atoms with Crippen molar-refractivity contribution in [3.63, 3.8) is 0 Å². The molecule has 3 heteroatoms. The second-order valence-electron chi connectivity index (χ2n) is 6.88. The predicted octanol–water partition coefficient (Wildman–Crippen LogP) is 2.79. The van der Waals surface area contributed by atoms with Crippen molar-refractivity contribution in [2.75, 3.05) is 13.1 Å². The normalized spacial score (nSPS) is 27.9. The van der Waals surface area contributed by atoms with Crippen LogP contribution >= 0.6 is 0 Å². The number of likely N-dealkylation sites (tertiary alicyclic amines) is 1. The van der Waals surface area contributed by atoms with Crippen molar-refractivity contribution < 1.29 is 4.79 Å². The van der Waals surface area contributed by atoms with E-state index in [1.165, 1.54) is 25.7 Å². The van der Waals surface area contributed by atoms with Gasteiger partial charge < -0.3 is 10.6 Å². The number of nitrogens with two attached hydrogens (primary N) is 1. The van der Waals surface area contributed by atoms with E-state index in [2.05, 4.69) is 13.8 Å². The third-order valence-corrected chi connectivity index (χ3v) is 5.23. The molecule has 1 aliphatic carbocycles. The summed E-state index contributed by atoms with van der Waals surface area (Å²) in [4.78, 5) is 14.3. The Bertz CT molecular complexity index is 297. The topological polar surface area (TPSA) is 46.3 Å². The predicted molar refractivity (Wildman–Crippen MR) is 78.7 cm³/mol. The van der Waals surface area contributed by atoms with E-state index >= 15 is 0 Å². The third kappa shape index (κ3) is 3.95. The van der Waals surface area contributed by atoms with E-state index in [9.17, 15) is 4.79 Å². The minimum atomic E-state index is 0.196. The largest absolute Gasteiger partial charge is 0.341 e. The first-order chi connectivity index (χ1) is 9.08. The molecule has 0 bridgehead atoms. The molecule has 2 N–H and O–H groups in total. The van der Waals surface area contributed by atoms with Crippen LogP contribution in [0.5, 0.6) is 0 Å². The lowest BCUT2D eigenvalue weighted by Gasteiger charge is -2.28. The fourth-order valence-corrected chi connectivity index (χ4v) is 3.71. The van der Waals surface area contributed by atoms with E-state index in [1.54, 1.807) is 0 Å². The van der Waals surface area contributed by atoms with Crippen LogP contribution in [-0.2, 0) is 4.79 Å². The summed E-state index contributed by atoms with van der Waals surface area (Å²) in [5.41, 5.74) is 6.32. The van der Waals surface area contributed by atoms with Crippen molar-refractivity contribution in [3.8, 4) is 0 Å². The molecule has 0 spiro atoms.